The van der Waals surface area contributed by atoms with E-state index in [9.17, 15) is 4.79 Å². The number of carbonyl (C=O) groups excluding carboxylic acids is 1. The Balaban J connectivity index is 1.64. The Morgan fingerprint density at radius 3 is 2.47 bits per heavy atom. The average Bonchev–Trinajstić information content (AvgIpc) is 3.09. The minimum absolute atomic E-state index is 0.0231. The van der Waals surface area contributed by atoms with Gasteiger partial charge in [0.2, 0.25) is 5.91 Å². The predicted octanol–water partition coefficient (Wildman–Crippen LogP) is 2.36. The molecule has 1 N–H and O–H groups in total. The van der Waals surface area contributed by atoms with Crippen molar-refractivity contribution < 1.29 is 4.79 Å². The van der Waals surface area contributed by atoms with Crippen molar-refractivity contribution in [3.8, 4) is 0 Å². The van der Waals surface area contributed by atoms with E-state index in [0.29, 0.717) is 5.91 Å². The quantitative estimate of drug-likeness (QED) is 0.843. The first-order chi connectivity index (χ1) is 9.24. The molecule has 0 radical (unpaired) electrons. The lowest BCUT2D eigenvalue weighted by Gasteiger charge is -2.41. The number of amides is 1. The molecule has 4 aliphatic rings. The molecule has 4 rings (SSSR count). The molecule has 2 aliphatic heterocycles. The zero-order valence-corrected chi connectivity index (χ0v) is 12.4. The highest BCUT2D eigenvalue weighted by Crippen LogP contribution is 2.46. The van der Waals surface area contributed by atoms with Crippen molar-refractivity contribution in [3.05, 3.63) is 0 Å². The van der Waals surface area contributed by atoms with Crippen LogP contribution < -0.4 is 5.32 Å². The second-order valence-corrected chi connectivity index (χ2v) is 8.14. The summed E-state index contributed by atoms with van der Waals surface area (Å²) >= 11 is 2.05. The SMILES string of the molecule is O=C1N(CC2CC2)C2(CCSCC2)NC12CCCC2. The van der Waals surface area contributed by atoms with Gasteiger partial charge in [-0.15, -0.1) is 0 Å². The molecule has 2 spiro atoms. The second-order valence-electron chi connectivity index (χ2n) is 6.92. The Hall–Kier alpha value is -0.220. The maximum atomic E-state index is 13.0. The third kappa shape index (κ3) is 1.94. The first-order valence-electron chi connectivity index (χ1n) is 7.93. The largest absolute Gasteiger partial charge is 0.322 e. The van der Waals surface area contributed by atoms with Gasteiger partial charge >= 0.3 is 0 Å². The highest BCUT2D eigenvalue weighted by atomic mass is 32.2. The summed E-state index contributed by atoms with van der Waals surface area (Å²) in [5.74, 6) is 3.66. The van der Waals surface area contributed by atoms with Crippen LogP contribution in [0.1, 0.15) is 51.4 Å². The van der Waals surface area contributed by atoms with Gasteiger partial charge in [0.25, 0.3) is 0 Å². The van der Waals surface area contributed by atoms with E-state index >= 15 is 0 Å². The monoisotopic (exact) mass is 280 g/mol. The molecule has 2 aliphatic carbocycles. The summed E-state index contributed by atoms with van der Waals surface area (Å²) < 4.78 is 0. The molecule has 0 aromatic carbocycles. The number of carbonyl (C=O) groups is 1. The standard InChI is InChI=1S/C15H24N2OS/c18-13-14(5-1-2-6-14)16-15(7-9-19-10-8-15)17(13)11-12-3-4-12/h12,16H,1-11H2. The van der Waals surface area contributed by atoms with Crippen molar-refractivity contribution in [1.82, 2.24) is 10.2 Å². The molecule has 4 heteroatoms. The molecule has 0 bridgehead atoms. The van der Waals surface area contributed by atoms with Gasteiger partial charge in [-0.2, -0.15) is 11.8 Å². The van der Waals surface area contributed by atoms with Gasteiger partial charge in [-0.05, 0) is 55.9 Å². The van der Waals surface area contributed by atoms with Crippen LogP contribution in [0.4, 0.5) is 0 Å². The predicted molar refractivity (Wildman–Crippen MR) is 78.1 cm³/mol. The highest BCUT2D eigenvalue weighted by Gasteiger charge is 2.59. The molecule has 3 nitrogen and oxygen atoms in total. The van der Waals surface area contributed by atoms with Crippen LogP contribution in [0.25, 0.3) is 0 Å². The van der Waals surface area contributed by atoms with Crippen molar-refractivity contribution in [2.24, 2.45) is 5.92 Å². The van der Waals surface area contributed by atoms with Gasteiger partial charge < -0.3 is 4.90 Å². The van der Waals surface area contributed by atoms with Gasteiger partial charge in [-0.1, -0.05) is 12.8 Å². The number of nitrogens with one attached hydrogen (secondary N) is 1. The van der Waals surface area contributed by atoms with Crippen molar-refractivity contribution >= 4 is 17.7 Å². The molecule has 19 heavy (non-hydrogen) atoms. The van der Waals surface area contributed by atoms with E-state index in [1.807, 2.05) is 11.8 Å². The molecule has 0 atom stereocenters. The van der Waals surface area contributed by atoms with Gasteiger partial charge in [-0.25, -0.2) is 0 Å². The Bertz CT molecular complexity index is 382. The van der Waals surface area contributed by atoms with E-state index in [4.69, 9.17) is 0 Å². The zero-order valence-electron chi connectivity index (χ0n) is 11.6. The third-order valence-electron chi connectivity index (χ3n) is 5.56. The van der Waals surface area contributed by atoms with E-state index in [1.54, 1.807) is 0 Å². The van der Waals surface area contributed by atoms with Crippen LogP contribution in [0.15, 0.2) is 0 Å². The van der Waals surface area contributed by atoms with Crippen molar-refractivity contribution in [1.29, 1.82) is 0 Å². The molecule has 4 fully saturated rings. The number of hydrogen-bond acceptors (Lipinski definition) is 3. The van der Waals surface area contributed by atoms with E-state index in [1.165, 1.54) is 37.2 Å². The lowest BCUT2D eigenvalue weighted by atomic mass is 9.97. The molecular formula is C15H24N2OS. The van der Waals surface area contributed by atoms with Crippen LogP contribution in [0.2, 0.25) is 0 Å². The maximum absolute atomic E-state index is 13.0. The Morgan fingerprint density at radius 1 is 1.16 bits per heavy atom. The van der Waals surface area contributed by atoms with Gasteiger partial charge in [0.1, 0.15) is 0 Å². The molecular weight excluding hydrogens is 256 g/mol. The van der Waals surface area contributed by atoms with Crippen molar-refractivity contribution in [3.63, 3.8) is 0 Å². The molecule has 0 aromatic rings. The summed E-state index contributed by atoms with van der Waals surface area (Å²) in [6.07, 6.45) is 9.56. The molecule has 106 valence electrons. The fraction of sp³-hybridized carbons (Fsp3) is 0.933. The summed E-state index contributed by atoms with van der Waals surface area (Å²) in [5, 5.41) is 3.88. The molecule has 0 aromatic heterocycles. The van der Waals surface area contributed by atoms with Crippen molar-refractivity contribution in [2.45, 2.75) is 62.6 Å². The number of thioether (sulfide) groups is 1. The molecule has 1 amide bonds. The first kappa shape index (κ1) is 12.5. The first-order valence-corrected chi connectivity index (χ1v) is 9.09. The molecule has 2 heterocycles. The summed E-state index contributed by atoms with van der Waals surface area (Å²) in [6, 6.07) is 0. The van der Waals surface area contributed by atoms with Crippen LogP contribution in [-0.2, 0) is 4.79 Å². The van der Waals surface area contributed by atoms with Gasteiger partial charge in [0.15, 0.2) is 0 Å². The van der Waals surface area contributed by atoms with Crippen LogP contribution >= 0.6 is 11.8 Å². The zero-order chi connectivity index (χ0) is 12.9. The highest BCUT2D eigenvalue weighted by molar-refractivity contribution is 7.99. The van der Waals surface area contributed by atoms with Crippen LogP contribution in [0.5, 0.6) is 0 Å². The van der Waals surface area contributed by atoms with Gasteiger partial charge in [0.05, 0.1) is 11.2 Å². The Kier molecular flexibility index (Phi) is 2.89. The molecule has 2 saturated carbocycles. The lowest BCUT2D eigenvalue weighted by Crippen LogP contribution is -2.56. The van der Waals surface area contributed by atoms with Crippen LogP contribution in [0.3, 0.4) is 0 Å². The summed E-state index contributed by atoms with van der Waals surface area (Å²) in [4.78, 5) is 15.3. The fourth-order valence-corrected chi connectivity index (χ4v) is 5.42. The van der Waals surface area contributed by atoms with E-state index < -0.39 is 0 Å². The van der Waals surface area contributed by atoms with Gasteiger partial charge in [-0.3, -0.25) is 10.1 Å². The maximum Gasteiger partial charge on any atom is 0.244 e. The van der Waals surface area contributed by atoms with E-state index in [0.717, 1.165) is 38.1 Å². The van der Waals surface area contributed by atoms with E-state index in [-0.39, 0.29) is 11.2 Å². The summed E-state index contributed by atoms with van der Waals surface area (Å²) in [6.45, 7) is 1.03. The molecule has 2 saturated heterocycles. The fourth-order valence-electron chi connectivity index (χ4n) is 4.26. The molecule has 0 unspecified atom stereocenters. The van der Waals surface area contributed by atoms with Crippen LogP contribution in [0, 0.1) is 5.92 Å². The number of nitrogens with zero attached hydrogens (tertiary/aromatic N) is 1. The Morgan fingerprint density at radius 2 is 1.84 bits per heavy atom. The second kappa shape index (κ2) is 4.39. The van der Waals surface area contributed by atoms with Crippen LogP contribution in [-0.4, -0.2) is 40.1 Å². The number of hydrogen-bond donors (Lipinski definition) is 1. The minimum atomic E-state index is -0.170. The normalized spacial score (nSPS) is 32.6. The summed E-state index contributed by atoms with van der Waals surface area (Å²) in [7, 11) is 0. The lowest BCUT2D eigenvalue weighted by molar-refractivity contribution is -0.135. The topological polar surface area (TPSA) is 32.3 Å². The van der Waals surface area contributed by atoms with Gasteiger partial charge in [0, 0.05) is 6.54 Å². The average molecular weight is 280 g/mol. The van der Waals surface area contributed by atoms with Crippen molar-refractivity contribution in [2.75, 3.05) is 18.1 Å². The Labute approximate surface area is 119 Å². The third-order valence-corrected chi connectivity index (χ3v) is 6.54. The van der Waals surface area contributed by atoms with E-state index in [2.05, 4.69) is 10.2 Å². The number of rotatable bonds is 2. The minimum Gasteiger partial charge on any atom is -0.322 e. The smallest absolute Gasteiger partial charge is 0.244 e. The summed E-state index contributed by atoms with van der Waals surface area (Å²) in [5.41, 5.74) is -0.147.